The fraction of sp³-hybridized carbons (Fsp3) is 0.111. The molecule has 4 rings (SSSR count). The second-order valence-electron chi connectivity index (χ2n) is 5.81. The van der Waals surface area contributed by atoms with Crippen LogP contribution in [0.25, 0.3) is 11.3 Å². The Kier molecular flexibility index (Phi) is 4.19. The molecule has 0 spiro atoms. The van der Waals surface area contributed by atoms with Crippen LogP contribution >= 0.6 is 0 Å². The van der Waals surface area contributed by atoms with Crippen LogP contribution in [0.2, 0.25) is 0 Å². The van der Waals surface area contributed by atoms with Gasteiger partial charge in [-0.15, -0.1) is 0 Å². The predicted molar refractivity (Wildman–Crippen MR) is 86.7 cm³/mol. The number of hydrogen-bond donors (Lipinski definition) is 1. The summed E-state index contributed by atoms with van der Waals surface area (Å²) in [4.78, 5) is 24.0. The summed E-state index contributed by atoms with van der Waals surface area (Å²) >= 11 is 0. The Bertz CT molecular complexity index is 1020. The van der Waals surface area contributed by atoms with Crippen molar-refractivity contribution in [1.29, 1.82) is 0 Å². The number of aromatic nitrogens is 3. The van der Waals surface area contributed by atoms with Crippen molar-refractivity contribution in [3.8, 4) is 11.3 Å². The third-order valence-corrected chi connectivity index (χ3v) is 4.16. The molecule has 0 saturated carbocycles. The van der Waals surface area contributed by atoms with Crippen molar-refractivity contribution in [2.24, 2.45) is 0 Å². The SMILES string of the molecule is O=C1N[C@H](c2cncc(-c3cnccn3)c2)[C@@H](c2ccc(F)c(F)c2F)O1. The van der Waals surface area contributed by atoms with Crippen LogP contribution in [-0.4, -0.2) is 21.0 Å². The number of carbonyl (C=O) groups is 1. The maximum atomic E-state index is 14.2. The molecule has 1 aromatic carbocycles. The van der Waals surface area contributed by atoms with Gasteiger partial charge in [-0.25, -0.2) is 18.0 Å². The van der Waals surface area contributed by atoms with E-state index in [-0.39, 0.29) is 5.56 Å². The maximum absolute atomic E-state index is 14.2. The molecule has 1 saturated heterocycles. The molecule has 0 bridgehead atoms. The van der Waals surface area contributed by atoms with Crippen molar-refractivity contribution in [3.63, 3.8) is 0 Å². The number of alkyl carbamates (subject to hydrolysis) is 1. The molecular formula is C18H11F3N4O2. The number of hydrogen-bond acceptors (Lipinski definition) is 5. The molecule has 1 N–H and O–H groups in total. The Morgan fingerprint density at radius 2 is 1.85 bits per heavy atom. The van der Waals surface area contributed by atoms with Crippen molar-refractivity contribution in [2.75, 3.05) is 0 Å². The molecule has 6 nitrogen and oxygen atoms in total. The van der Waals surface area contributed by atoms with Gasteiger partial charge in [0.15, 0.2) is 23.6 Å². The highest BCUT2D eigenvalue weighted by Crippen LogP contribution is 2.39. The number of ether oxygens (including phenoxy) is 1. The summed E-state index contributed by atoms with van der Waals surface area (Å²) in [7, 11) is 0. The molecule has 3 aromatic rings. The lowest BCUT2D eigenvalue weighted by Gasteiger charge is -2.18. The Morgan fingerprint density at radius 3 is 2.63 bits per heavy atom. The predicted octanol–water partition coefficient (Wildman–Crippen LogP) is 3.48. The number of halogens is 3. The van der Waals surface area contributed by atoms with Gasteiger partial charge in [0.1, 0.15) is 6.04 Å². The van der Waals surface area contributed by atoms with Gasteiger partial charge >= 0.3 is 6.09 Å². The van der Waals surface area contributed by atoms with Gasteiger partial charge in [0, 0.05) is 35.9 Å². The average Bonchev–Trinajstić information content (AvgIpc) is 3.08. The summed E-state index contributed by atoms with van der Waals surface area (Å²) in [5, 5.41) is 2.54. The van der Waals surface area contributed by atoms with Crippen molar-refractivity contribution in [3.05, 3.63) is 77.8 Å². The second kappa shape index (κ2) is 6.67. The van der Waals surface area contributed by atoms with Gasteiger partial charge < -0.3 is 10.1 Å². The van der Waals surface area contributed by atoms with Crippen molar-refractivity contribution >= 4 is 6.09 Å². The lowest BCUT2D eigenvalue weighted by Crippen LogP contribution is -2.20. The number of amides is 1. The number of cyclic esters (lactones) is 1. The molecule has 1 aliphatic rings. The topological polar surface area (TPSA) is 77.0 Å². The summed E-state index contributed by atoms with van der Waals surface area (Å²) in [6, 6.07) is 2.67. The van der Waals surface area contributed by atoms with Gasteiger partial charge in [-0.1, -0.05) is 0 Å². The highest BCUT2D eigenvalue weighted by Gasteiger charge is 2.39. The zero-order valence-electron chi connectivity index (χ0n) is 13.6. The lowest BCUT2D eigenvalue weighted by atomic mass is 9.96. The summed E-state index contributed by atoms with van der Waals surface area (Å²) in [6.07, 6.45) is 5.60. The maximum Gasteiger partial charge on any atom is 0.408 e. The Labute approximate surface area is 151 Å². The van der Waals surface area contributed by atoms with Gasteiger partial charge in [0.25, 0.3) is 0 Å². The normalized spacial score (nSPS) is 18.9. The van der Waals surface area contributed by atoms with Crippen molar-refractivity contribution < 1.29 is 22.7 Å². The van der Waals surface area contributed by atoms with E-state index in [2.05, 4.69) is 20.3 Å². The third-order valence-electron chi connectivity index (χ3n) is 4.16. The summed E-state index contributed by atoms with van der Waals surface area (Å²) in [6.45, 7) is 0. The molecule has 3 heterocycles. The Balaban J connectivity index is 1.75. The van der Waals surface area contributed by atoms with Crippen LogP contribution in [0.15, 0.2) is 49.2 Å². The minimum Gasteiger partial charge on any atom is -0.439 e. The van der Waals surface area contributed by atoms with Gasteiger partial charge in [0.05, 0.1) is 11.9 Å². The van der Waals surface area contributed by atoms with Crippen LogP contribution in [0.5, 0.6) is 0 Å². The first-order valence-corrected chi connectivity index (χ1v) is 7.86. The number of nitrogens with zero attached hydrogens (tertiary/aromatic N) is 3. The van der Waals surface area contributed by atoms with E-state index in [0.717, 1.165) is 12.1 Å². The molecule has 27 heavy (non-hydrogen) atoms. The fourth-order valence-electron chi connectivity index (χ4n) is 2.90. The minimum absolute atomic E-state index is 0.276. The van der Waals surface area contributed by atoms with Gasteiger partial charge in [0.2, 0.25) is 0 Å². The monoisotopic (exact) mass is 372 g/mol. The van der Waals surface area contributed by atoms with Crippen LogP contribution in [0, 0.1) is 17.5 Å². The zero-order valence-corrected chi connectivity index (χ0v) is 13.6. The van der Waals surface area contributed by atoms with E-state index in [0.29, 0.717) is 16.8 Å². The fourth-order valence-corrected chi connectivity index (χ4v) is 2.90. The largest absolute Gasteiger partial charge is 0.439 e. The van der Waals surface area contributed by atoms with E-state index in [1.807, 2.05) is 0 Å². The van der Waals surface area contributed by atoms with Crippen LogP contribution in [0.1, 0.15) is 23.3 Å². The second-order valence-corrected chi connectivity index (χ2v) is 5.81. The van der Waals surface area contributed by atoms with E-state index < -0.39 is 35.7 Å². The first kappa shape index (κ1) is 17.0. The Morgan fingerprint density at radius 1 is 1.00 bits per heavy atom. The van der Waals surface area contributed by atoms with Gasteiger partial charge in [-0.2, -0.15) is 0 Å². The number of benzene rings is 1. The molecule has 1 fully saturated rings. The number of nitrogens with one attached hydrogen (secondary N) is 1. The van der Waals surface area contributed by atoms with Crippen molar-refractivity contribution in [1.82, 2.24) is 20.3 Å². The standard InChI is InChI=1S/C18H11F3N4O2/c19-12-2-1-11(14(20)15(12)21)17-16(25-18(26)27-17)10-5-9(6-23-7-10)13-8-22-3-4-24-13/h1-8,16-17H,(H,25,26)/t16-,17-/m1/s1. The molecule has 136 valence electrons. The molecule has 1 amide bonds. The third kappa shape index (κ3) is 3.07. The molecule has 0 radical (unpaired) electrons. The summed E-state index contributed by atoms with van der Waals surface area (Å²) < 4.78 is 46.1. The van der Waals surface area contributed by atoms with E-state index in [4.69, 9.17) is 4.74 Å². The van der Waals surface area contributed by atoms with Crippen LogP contribution in [0.4, 0.5) is 18.0 Å². The molecule has 9 heteroatoms. The van der Waals surface area contributed by atoms with Crippen molar-refractivity contribution in [2.45, 2.75) is 12.1 Å². The highest BCUT2D eigenvalue weighted by molar-refractivity contribution is 5.71. The molecular weight excluding hydrogens is 361 g/mol. The number of rotatable bonds is 3. The lowest BCUT2D eigenvalue weighted by molar-refractivity contribution is 0.129. The quantitative estimate of drug-likeness (QED) is 0.713. The number of pyridine rings is 1. The first-order valence-electron chi connectivity index (χ1n) is 7.86. The van der Waals surface area contributed by atoms with E-state index in [1.54, 1.807) is 12.3 Å². The van der Waals surface area contributed by atoms with E-state index >= 15 is 0 Å². The van der Waals surface area contributed by atoms with Gasteiger partial charge in [-0.05, 0) is 23.8 Å². The molecule has 2 atom stereocenters. The van der Waals surface area contributed by atoms with E-state index in [9.17, 15) is 18.0 Å². The van der Waals surface area contributed by atoms with Crippen LogP contribution < -0.4 is 5.32 Å². The molecule has 1 aliphatic heterocycles. The Hall–Kier alpha value is -3.49. The van der Waals surface area contributed by atoms with Crippen LogP contribution in [-0.2, 0) is 4.74 Å². The molecule has 2 aromatic heterocycles. The van der Waals surface area contributed by atoms with Gasteiger partial charge in [-0.3, -0.25) is 15.0 Å². The smallest absolute Gasteiger partial charge is 0.408 e. The average molecular weight is 372 g/mol. The molecule has 0 aliphatic carbocycles. The van der Waals surface area contributed by atoms with Crippen LogP contribution in [0.3, 0.4) is 0 Å². The van der Waals surface area contributed by atoms with E-state index in [1.165, 1.54) is 24.8 Å². The highest BCUT2D eigenvalue weighted by atomic mass is 19.2. The first-order chi connectivity index (χ1) is 13.0. The summed E-state index contributed by atoms with van der Waals surface area (Å²) in [5.41, 5.74) is 1.37. The zero-order chi connectivity index (χ0) is 19.0. The minimum atomic E-state index is -1.62. The molecule has 0 unspecified atom stereocenters. The number of carbonyl (C=O) groups excluding carboxylic acids is 1. The summed E-state index contributed by atoms with van der Waals surface area (Å²) in [5.74, 6) is -4.35.